The highest BCUT2D eigenvalue weighted by atomic mass is 35.5. The van der Waals surface area contributed by atoms with Crippen LogP contribution in [0.3, 0.4) is 0 Å². The molecule has 0 saturated heterocycles. The third kappa shape index (κ3) is 6.93. The number of ether oxygens (including phenoxy) is 1. The maximum atomic E-state index is 13.7. The average Bonchev–Trinajstić information content (AvgIpc) is 3.83. The molecular weight excluding hydrogens is 635 g/mol. The molecule has 0 unspecified atom stereocenters. The summed E-state index contributed by atoms with van der Waals surface area (Å²) in [6.07, 6.45) is 0.513. The first kappa shape index (κ1) is 30.5. The molecule has 228 valence electrons. The number of thiophene rings is 1. The Morgan fingerprint density at radius 2 is 1.87 bits per heavy atom. The van der Waals surface area contributed by atoms with Gasteiger partial charge in [0.1, 0.15) is 11.6 Å². The van der Waals surface area contributed by atoms with Crippen molar-refractivity contribution in [2.45, 2.75) is 24.2 Å². The number of halogens is 2. The molecule has 1 atom stereocenters. The van der Waals surface area contributed by atoms with Crippen molar-refractivity contribution in [2.75, 3.05) is 12.9 Å². The van der Waals surface area contributed by atoms with E-state index in [0.29, 0.717) is 39.4 Å². The maximum Gasteiger partial charge on any atom is 0.253 e. The highest BCUT2D eigenvalue weighted by Crippen LogP contribution is 2.35. The van der Waals surface area contributed by atoms with Crippen molar-refractivity contribution in [2.24, 2.45) is 5.10 Å². The molecule has 1 aliphatic rings. The summed E-state index contributed by atoms with van der Waals surface area (Å²) in [6, 6.07) is 23.6. The summed E-state index contributed by atoms with van der Waals surface area (Å²) in [7, 11) is 1.56. The summed E-state index contributed by atoms with van der Waals surface area (Å²) in [4.78, 5) is 27.5. The zero-order chi connectivity index (χ0) is 31.3. The SMILES string of the molecule is COc1ccc(C(=O)NCc2nnc(SCC(=O)N3N=C(c4cccs4)C[C@@H]3c3ccc(F)cc3)n2-c2cccc(Cl)c2)cc1. The van der Waals surface area contributed by atoms with Gasteiger partial charge in [0.15, 0.2) is 11.0 Å². The molecule has 45 heavy (non-hydrogen) atoms. The maximum absolute atomic E-state index is 13.7. The summed E-state index contributed by atoms with van der Waals surface area (Å²) in [5, 5.41) is 20.7. The van der Waals surface area contributed by atoms with Crippen LogP contribution in [-0.2, 0) is 11.3 Å². The average molecular weight is 661 g/mol. The molecule has 0 fully saturated rings. The molecule has 0 saturated carbocycles. The molecule has 1 aliphatic heterocycles. The lowest BCUT2D eigenvalue weighted by molar-refractivity contribution is -0.130. The van der Waals surface area contributed by atoms with Crippen LogP contribution in [0.1, 0.15) is 39.1 Å². The number of rotatable bonds is 10. The van der Waals surface area contributed by atoms with Gasteiger partial charge in [0, 0.05) is 17.0 Å². The van der Waals surface area contributed by atoms with Crippen LogP contribution in [-0.4, -0.2) is 50.2 Å². The fraction of sp³-hybridized carbons (Fsp3) is 0.156. The topological polar surface area (TPSA) is 102 Å². The van der Waals surface area contributed by atoms with E-state index < -0.39 is 0 Å². The summed E-state index contributed by atoms with van der Waals surface area (Å²) in [5.74, 6) is 0.238. The minimum absolute atomic E-state index is 0.00974. The second-order valence-electron chi connectivity index (χ2n) is 9.95. The molecule has 13 heteroatoms. The largest absolute Gasteiger partial charge is 0.497 e. The third-order valence-electron chi connectivity index (χ3n) is 7.08. The number of amides is 2. The van der Waals surface area contributed by atoms with E-state index in [0.717, 1.165) is 16.2 Å². The zero-order valence-electron chi connectivity index (χ0n) is 23.9. The smallest absolute Gasteiger partial charge is 0.253 e. The Morgan fingerprint density at radius 1 is 1.07 bits per heavy atom. The second kappa shape index (κ2) is 13.6. The van der Waals surface area contributed by atoms with Crippen LogP contribution in [0.5, 0.6) is 5.75 Å². The van der Waals surface area contributed by atoms with Crippen molar-refractivity contribution in [1.82, 2.24) is 25.1 Å². The number of carbonyl (C=O) groups excluding carboxylic acids is 2. The highest BCUT2D eigenvalue weighted by molar-refractivity contribution is 7.99. The molecule has 2 aromatic heterocycles. The Labute approximate surface area is 271 Å². The molecule has 0 aliphatic carbocycles. The van der Waals surface area contributed by atoms with E-state index in [1.165, 1.54) is 28.9 Å². The van der Waals surface area contributed by atoms with Crippen molar-refractivity contribution >= 4 is 52.2 Å². The first-order valence-electron chi connectivity index (χ1n) is 13.8. The number of benzene rings is 3. The minimum atomic E-state index is -0.370. The van der Waals surface area contributed by atoms with Crippen LogP contribution in [0.25, 0.3) is 5.69 Å². The predicted octanol–water partition coefficient (Wildman–Crippen LogP) is 6.53. The van der Waals surface area contributed by atoms with E-state index in [9.17, 15) is 14.0 Å². The number of nitrogens with zero attached hydrogens (tertiary/aromatic N) is 5. The van der Waals surface area contributed by atoms with Gasteiger partial charge in [-0.2, -0.15) is 5.10 Å². The number of aromatic nitrogens is 3. The molecule has 5 aromatic rings. The summed E-state index contributed by atoms with van der Waals surface area (Å²) >= 11 is 9.06. The summed E-state index contributed by atoms with van der Waals surface area (Å²) < 4.78 is 20.6. The van der Waals surface area contributed by atoms with Gasteiger partial charge < -0.3 is 10.1 Å². The Bertz CT molecular complexity index is 1850. The second-order valence-corrected chi connectivity index (χ2v) is 12.3. The number of nitrogens with one attached hydrogen (secondary N) is 1. The van der Waals surface area contributed by atoms with E-state index in [1.807, 2.05) is 23.6 Å². The van der Waals surface area contributed by atoms with Gasteiger partial charge >= 0.3 is 0 Å². The normalized spacial score (nSPS) is 14.3. The van der Waals surface area contributed by atoms with Gasteiger partial charge in [-0.1, -0.05) is 47.6 Å². The summed E-state index contributed by atoms with van der Waals surface area (Å²) in [5.41, 5.74) is 2.74. The predicted molar refractivity (Wildman–Crippen MR) is 173 cm³/mol. The van der Waals surface area contributed by atoms with Crippen LogP contribution in [0, 0.1) is 5.82 Å². The molecule has 3 aromatic carbocycles. The number of carbonyl (C=O) groups is 2. The Kier molecular flexibility index (Phi) is 9.24. The zero-order valence-corrected chi connectivity index (χ0v) is 26.3. The van der Waals surface area contributed by atoms with Crippen molar-refractivity contribution in [1.29, 1.82) is 0 Å². The van der Waals surface area contributed by atoms with E-state index in [2.05, 4.69) is 15.5 Å². The van der Waals surface area contributed by atoms with Gasteiger partial charge in [-0.15, -0.1) is 21.5 Å². The van der Waals surface area contributed by atoms with E-state index in [-0.39, 0.29) is 36.0 Å². The van der Waals surface area contributed by atoms with Crippen LogP contribution in [0.2, 0.25) is 5.02 Å². The van der Waals surface area contributed by atoms with Crippen molar-refractivity contribution in [3.05, 3.63) is 123 Å². The highest BCUT2D eigenvalue weighted by Gasteiger charge is 2.33. The van der Waals surface area contributed by atoms with Gasteiger partial charge in [-0.25, -0.2) is 9.40 Å². The molecule has 9 nitrogen and oxygen atoms in total. The summed E-state index contributed by atoms with van der Waals surface area (Å²) in [6.45, 7) is 0.0755. The fourth-order valence-electron chi connectivity index (χ4n) is 4.86. The third-order valence-corrected chi connectivity index (χ3v) is 9.14. The Morgan fingerprint density at radius 3 is 2.58 bits per heavy atom. The van der Waals surface area contributed by atoms with Crippen LogP contribution in [0.4, 0.5) is 4.39 Å². The first-order chi connectivity index (χ1) is 21.9. The van der Waals surface area contributed by atoms with Gasteiger partial charge in [0.2, 0.25) is 0 Å². The van der Waals surface area contributed by atoms with E-state index >= 15 is 0 Å². The van der Waals surface area contributed by atoms with Crippen molar-refractivity contribution < 1.29 is 18.7 Å². The molecule has 0 spiro atoms. The number of hydrogen-bond donors (Lipinski definition) is 1. The van der Waals surface area contributed by atoms with Crippen LogP contribution in [0.15, 0.2) is 101 Å². The molecule has 6 rings (SSSR count). The van der Waals surface area contributed by atoms with Gasteiger partial charge in [-0.05, 0) is 71.6 Å². The minimum Gasteiger partial charge on any atom is -0.497 e. The molecule has 2 amide bonds. The first-order valence-corrected chi connectivity index (χ1v) is 16.1. The number of thioether (sulfide) groups is 1. The van der Waals surface area contributed by atoms with Gasteiger partial charge in [0.25, 0.3) is 11.8 Å². The lowest BCUT2D eigenvalue weighted by Crippen LogP contribution is -2.28. The molecule has 0 radical (unpaired) electrons. The molecular formula is C32H26ClFN6O3S2. The van der Waals surface area contributed by atoms with Crippen LogP contribution < -0.4 is 10.1 Å². The number of methoxy groups -OCH3 is 1. The lowest BCUT2D eigenvalue weighted by atomic mass is 10.0. The molecule has 3 heterocycles. The fourth-order valence-corrected chi connectivity index (χ4v) is 6.58. The Hall–Kier alpha value is -4.52. The van der Waals surface area contributed by atoms with E-state index in [1.54, 1.807) is 77.6 Å². The standard InChI is InChI=1S/C32H26ClFN6O3S2/c1-43-25-13-9-21(10-14-25)31(42)35-18-29-36-37-32(39(29)24-5-2-4-22(33)16-24)45-19-30(41)40-27(20-7-11-23(34)12-8-20)17-26(38-40)28-6-3-15-44-28/h2-16,27H,17-19H2,1H3,(H,35,42)/t27-/m1/s1. The van der Waals surface area contributed by atoms with Crippen LogP contribution >= 0.6 is 34.7 Å². The van der Waals surface area contributed by atoms with Crippen molar-refractivity contribution in [3.8, 4) is 11.4 Å². The lowest BCUT2D eigenvalue weighted by Gasteiger charge is -2.22. The van der Waals surface area contributed by atoms with Gasteiger partial charge in [0.05, 0.1) is 41.7 Å². The Balaban J connectivity index is 1.22. The number of hydrogen-bond acceptors (Lipinski definition) is 8. The monoisotopic (exact) mass is 660 g/mol. The molecule has 1 N–H and O–H groups in total. The van der Waals surface area contributed by atoms with Gasteiger partial charge in [-0.3, -0.25) is 14.2 Å². The molecule has 0 bridgehead atoms. The van der Waals surface area contributed by atoms with Crippen molar-refractivity contribution in [3.63, 3.8) is 0 Å². The quantitative estimate of drug-likeness (QED) is 0.171. The number of hydrazone groups is 1. The van der Waals surface area contributed by atoms with E-state index in [4.69, 9.17) is 21.4 Å².